The Labute approximate surface area is 212 Å². The summed E-state index contributed by atoms with van der Waals surface area (Å²) in [6, 6.07) is 15.9. The molecule has 1 aromatic heterocycles. The largest absolute Gasteiger partial charge is 0.497 e. The second kappa shape index (κ2) is 11.4. The minimum Gasteiger partial charge on any atom is -0.497 e. The molecular weight excluding hydrogens is 457 g/mol. The van der Waals surface area contributed by atoms with E-state index in [1.807, 2.05) is 42.2 Å². The Morgan fingerprint density at radius 2 is 1.61 bits per heavy atom. The smallest absolute Gasteiger partial charge is 0.255 e. The number of para-hydroxylation sites is 1. The maximum atomic E-state index is 14.9. The molecule has 0 aliphatic carbocycles. The molecule has 1 fully saturated rings. The Kier molecular flexibility index (Phi) is 8.08. The molecule has 0 atom stereocenters. The molecule has 7 heteroatoms. The standard InChI is InChI=1S/C29H34FN3O3/c1-4-5-6-11-28(34)31-16-18-32(19-17-31)29(35)24-20-27(22-12-14-23(36-3)15-13-22)33(21(24)2)26-10-8-7-9-25(26)30/h7-10,12-15,20H,4-6,11,16-19H2,1-3H3. The summed E-state index contributed by atoms with van der Waals surface area (Å²) in [5.74, 6) is 0.424. The molecule has 190 valence electrons. The second-order valence-corrected chi connectivity index (χ2v) is 9.17. The van der Waals surface area contributed by atoms with E-state index >= 15 is 0 Å². The van der Waals surface area contributed by atoms with Gasteiger partial charge in [-0.1, -0.05) is 31.9 Å². The molecular formula is C29H34FN3O3. The summed E-state index contributed by atoms with van der Waals surface area (Å²) < 4.78 is 22.0. The number of hydrogen-bond donors (Lipinski definition) is 0. The molecule has 2 aromatic carbocycles. The van der Waals surface area contributed by atoms with E-state index in [-0.39, 0.29) is 17.6 Å². The molecule has 6 nitrogen and oxygen atoms in total. The number of ether oxygens (including phenoxy) is 1. The van der Waals surface area contributed by atoms with Crippen LogP contribution in [0.3, 0.4) is 0 Å². The van der Waals surface area contributed by atoms with Crippen molar-refractivity contribution in [3.05, 3.63) is 71.7 Å². The number of carbonyl (C=O) groups is 2. The van der Waals surface area contributed by atoms with Crippen LogP contribution >= 0.6 is 0 Å². The van der Waals surface area contributed by atoms with Crippen LogP contribution in [0.4, 0.5) is 4.39 Å². The number of hydrogen-bond acceptors (Lipinski definition) is 3. The number of carbonyl (C=O) groups excluding carboxylic acids is 2. The van der Waals surface area contributed by atoms with Gasteiger partial charge in [0.25, 0.3) is 5.91 Å². The van der Waals surface area contributed by atoms with E-state index in [0.29, 0.717) is 49.5 Å². The lowest BCUT2D eigenvalue weighted by atomic mass is 10.1. The van der Waals surface area contributed by atoms with Gasteiger partial charge in [0.15, 0.2) is 0 Å². The maximum absolute atomic E-state index is 14.9. The number of rotatable bonds is 8. The van der Waals surface area contributed by atoms with Gasteiger partial charge in [-0.05, 0) is 61.4 Å². The molecule has 0 spiro atoms. The van der Waals surface area contributed by atoms with Crippen LogP contribution in [-0.2, 0) is 4.79 Å². The molecule has 0 radical (unpaired) electrons. The zero-order valence-electron chi connectivity index (χ0n) is 21.3. The Morgan fingerprint density at radius 3 is 2.25 bits per heavy atom. The highest BCUT2D eigenvalue weighted by Crippen LogP contribution is 2.32. The van der Waals surface area contributed by atoms with E-state index in [9.17, 15) is 14.0 Å². The highest BCUT2D eigenvalue weighted by atomic mass is 19.1. The number of amides is 2. The van der Waals surface area contributed by atoms with Crippen LogP contribution in [-0.4, -0.2) is 59.5 Å². The number of halogens is 1. The zero-order valence-corrected chi connectivity index (χ0v) is 21.3. The summed E-state index contributed by atoms with van der Waals surface area (Å²) in [5.41, 5.74) is 3.18. The lowest BCUT2D eigenvalue weighted by Gasteiger charge is -2.35. The minimum atomic E-state index is -0.361. The number of nitrogens with zero attached hydrogens (tertiary/aromatic N) is 3. The number of benzene rings is 2. The van der Waals surface area contributed by atoms with Crippen molar-refractivity contribution in [3.8, 4) is 22.7 Å². The predicted octanol–water partition coefficient (Wildman–Crippen LogP) is 5.47. The van der Waals surface area contributed by atoms with Crippen molar-refractivity contribution in [2.45, 2.75) is 39.5 Å². The Balaban J connectivity index is 1.61. The van der Waals surface area contributed by atoms with Crippen molar-refractivity contribution < 1.29 is 18.7 Å². The van der Waals surface area contributed by atoms with Crippen LogP contribution in [0.5, 0.6) is 5.75 Å². The van der Waals surface area contributed by atoms with Crippen LogP contribution in [0.2, 0.25) is 0 Å². The summed E-state index contributed by atoms with van der Waals surface area (Å²) in [6.45, 7) is 6.02. The van der Waals surface area contributed by atoms with Crippen LogP contribution in [0.15, 0.2) is 54.6 Å². The third kappa shape index (κ3) is 5.30. The van der Waals surface area contributed by atoms with Gasteiger partial charge in [0.1, 0.15) is 11.6 Å². The molecule has 3 aromatic rings. The molecule has 0 bridgehead atoms. The fourth-order valence-corrected chi connectivity index (χ4v) is 4.75. The molecule has 36 heavy (non-hydrogen) atoms. The summed E-state index contributed by atoms with van der Waals surface area (Å²) in [5, 5.41) is 0. The third-order valence-corrected chi connectivity index (χ3v) is 6.87. The van der Waals surface area contributed by atoms with Gasteiger partial charge in [-0.15, -0.1) is 0 Å². The Morgan fingerprint density at radius 1 is 0.944 bits per heavy atom. The molecule has 0 N–H and O–H groups in total. The van der Waals surface area contributed by atoms with Gasteiger partial charge in [0.2, 0.25) is 5.91 Å². The van der Waals surface area contributed by atoms with Gasteiger partial charge >= 0.3 is 0 Å². The number of unbranched alkanes of at least 4 members (excludes halogenated alkanes) is 2. The van der Waals surface area contributed by atoms with Gasteiger partial charge in [-0.3, -0.25) is 9.59 Å². The van der Waals surface area contributed by atoms with Crippen molar-refractivity contribution in [1.29, 1.82) is 0 Å². The van der Waals surface area contributed by atoms with Crippen LogP contribution in [0.25, 0.3) is 16.9 Å². The number of piperazine rings is 1. The van der Waals surface area contributed by atoms with Gasteiger partial charge < -0.3 is 19.1 Å². The first-order valence-corrected chi connectivity index (χ1v) is 12.6. The molecule has 1 aliphatic rings. The molecule has 4 rings (SSSR count). The fourth-order valence-electron chi connectivity index (χ4n) is 4.75. The Bertz CT molecular complexity index is 1210. The summed E-state index contributed by atoms with van der Waals surface area (Å²) in [6.07, 6.45) is 3.61. The van der Waals surface area contributed by atoms with Crippen molar-refractivity contribution in [2.24, 2.45) is 0 Å². The first kappa shape index (κ1) is 25.5. The van der Waals surface area contributed by atoms with Gasteiger partial charge in [0.05, 0.1) is 24.1 Å². The average molecular weight is 492 g/mol. The van der Waals surface area contributed by atoms with E-state index in [1.54, 1.807) is 34.8 Å². The van der Waals surface area contributed by atoms with E-state index in [2.05, 4.69) is 6.92 Å². The number of methoxy groups -OCH3 is 1. The zero-order chi connectivity index (χ0) is 25.7. The van der Waals surface area contributed by atoms with Crippen LogP contribution < -0.4 is 4.74 Å². The van der Waals surface area contributed by atoms with Gasteiger partial charge in [0, 0.05) is 38.3 Å². The molecule has 0 saturated carbocycles. The molecule has 1 aliphatic heterocycles. The Hall–Kier alpha value is -3.61. The quantitative estimate of drug-likeness (QED) is 0.393. The van der Waals surface area contributed by atoms with Crippen LogP contribution in [0.1, 0.15) is 48.7 Å². The molecule has 1 saturated heterocycles. The van der Waals surface area contributed by atoms with Crippen molar-refractivity contribution >= 4 is 11.8 Å². The lowest BCUT2D eigenvalue weighted by molar-refractivity contribution is -0.132. The second-order valence-electron chi connectivity index (χ2n) is 9.17. The van der Waals surface area contributed by atoms with Gasteiger partial charge in [-0.2, -0.15) is 0 Å². The SMILES string of the molecule is CCCCCC(=O)N1CCN(C(=O)c2cc(-c3ccc(OC)cc3)n(-c3ccccc3F)c2C)CC1. The first-order valence-electron chi connectivity index (χ1n) is 12.6. The maximum Gasteiger partial charge on any atom is 0.255 e. The molecule has 2 heterocycles. The topological polar surface area (TPSA) is 54.8 Å². The van der Waals surface area contributed by atoms with Crippen LogP contribution in [0, 0.1) is 12.7 Å². The van der Waals surface area contributed by atoms with Gasteiger partial charge in [-0.25, -0.2) is 4.39 Å². The highest BCUT2D eigenvalue weighted by Gasteiger charge is 2.28. The van der Waals surface area contributed by atoms with Crippen molar-refractivity contribution in [2.75, 3.05) is 33.3 Å². The summed E-state index contributed by atoms with van der Waals surface area (Å²) >= 11 is 0. The average Bonchev–Trinajstić information content (AvgIpc) is 3.25. The normalized spacial score (nSPS) is 13.7. The highest BCUT2D eigenvalue weighted by molar-refractivity contribution is 5.97. The monoisotopic (exact) mass is 491 g/mol. The van der Waals surface area contributed by atoms with Crippen molar-refractivity contribution in [3.63, 3.8) is 0 Å². The summed E-state index contributed by atoms with van der Waals surface area (Å²) in [4.78, 5) is 29.8. The third-order valence-electron chi connectivity index (χ3n) is 6.87. The number of aromatic nitrogens is 1. The first-order chi connectivity index (χ1) is 17.4. The van der Waals surface area contributed by atoms with E-state index in [4.69, 9.17) is 4.74 Å². The fraction of sp³-hybridized carbons (Fsp3) is 0.379. The predicted molar refractivity (Wildman–Crippen MR) is 139 cm³/mol. The molecule has 0 unspecified atom stereocenters. The minimum absolute atomic E-state index is 0.101. The van der Waals surface area contributed by atoms with E-state index < -0.39 is 0 Å². The summed E-state index contributed by atoms with van der Waals surface area (Å²) in [7, 11) is 1.61. The molecule has 2 amide bonds. The van der Waals surface area contributed by atoms with E-state index in [0.717, 1.165) is 36.3 Å². The van der Waals surface area contributed by atoms with Crippen molar-refractivity contribution in [1.82, 2.24) is 14.4 Å². The lowest BCUT2D eigenvalue weighted by Crippen LogP contribution is -2.50. The van der Waals surface area contributed by atoms with E-state index in [1.165, 1.54) is 6.07 Å².